The average molecular weight is 406 g/mol. The molecule has 0 saturated carbocycles. The third-order valence-electron chi connectivity index (χ3n) is 5.60. The molecule has 1 saturated heterocycles. The molecule has 30 heavy (non-hydrogen) atoms. The Morgan fingerprint density at radius 3 is 2.73 bits per heavy atom. The van der Waals surface area contributed by atoms with Gasteiger partial charge in [-0.15, -0.1) is 0 Å². The minimum absolute atomic E-state index is 0.173. The van der Waals surface area contributed by atoms with Crippen LogP contribution in [0.1, 0.15) is 27.9 Å². The summed E-state index contributed by atoms with van der Waals surface area (Å²) >= 11 is 0. The molecule has 3 amide bonds. The maximum Gasteiger partial charge on any atom is 0.321 e. The highest BCUT2D eigenvalue weighted by Gasteiger charge is 2.37. The standard InChI is InChI=1S/C22H19FN4O3/c23-14-6-4-13(5-7-14)11-26-12-16-17(21(26)29)20(28)18-15(3-1-8-24-18)19(16)27-10-2-9-25-22(27)30/h1,3-8,28H,2,9-12H2,(H,25,30). The van der Waals surface area contributed by atoms with Crippen molar-refractivity contribution >= 4 is 28.5 Å². The normalized spacial score (nSPS) is 16.2. The lowest BCUT2D eigenvalue weighted by Crippen LogP contribution is -2.47. The van der Waals surface area contributed by atoms with Gasteiger partial charge in [0.05, 0.1) is 11.3 Å². The van der Waals surface area contributed by atoms with Gasteiger partial charge in [-0.1, -0.05) is 12.1 Å². The first-order chi connectivity index (χ1) is 14.5. The SMILES string of the molecule is O=C1c2c(c(N3CCCNC3=O)c3cccnc3c2O)CN1Cc1ccc(F)cc1. The molecule has 0 atom stereocenters. The van der Waals surface area contributed by atoms with E-state index < -0.39 is 0 Å². The summed E-state index contributed by atoms with van der Waals surface area (Å²) in [4.78, 5) is 33.3. The molecular weight excluding hydrogens is 387 g/mol. The molecule has 2 aliphatic heterocycles. The molecule has 2 aromatic carbocycles. The lowest BCUT2D eigenvalue weighted by atomic mass is 10.00. The number of carbonyl (C=O) groups is 2. The molecule has 1 fully saturated rings. The monoisotopic (exact) mass is 406 g/mol. The molecule has 0 spiro atoms. The van der Waals surface area contributed by atoms with Crippen LogP contribution in [-0.2, 0) is 13.1 Å². The summed E-state index contributed by atoms with van der Waals surface area (Å²) < 4.78 is 13.2. The van der Waals surface area contributed by atoms with Crippen LogP contribution in [0.2, 0.25) is 0 Å². The Kier molecular flexibility index (Phi) is 4.27. The summed E-state index contributed by atoms with van der Waals surface area (Å²) in [7, 11) is 0. The lowest BCUT2D eigenvalue weighted by molar-refractivity contribution is 0.0764. The zero-order chi connectivity index (χ0) is 20.8. The van der Waals surface area contributed by atoms with Gasteiger partial charge in [0.25, 0.3) is 5.91 Å². The van der Waals surface area contributed by atoms with Crippen molar-refractivity contribution in [3.05, 3.63) is 65.1 Å². The van der Waals surface area contributed by atoms with E-state index >= 15 is 0 Å². The number of phenolic OH excluding ortho intramolecular Hbond substituents is 1. The van der Waals surface area contributed by atoms with Gasteiger partial charge in [0, 0.05) is 43.3 Å². The third kappa shape index (κ3) is 2.83. The Hall–Kier alpha value is -3.68. The quantitative estimate of drug-likeness (QED) is 0.700. The second-order valence-corrected chi connectivity index (χ2v) is 7.48. The maximum atomic E-state index is 13.2. The van der Waals surface area contributed by atoms with E-state index in [1.807, 2.05) is 0 Å². The number of amides is 3. The maximum absolute atomic E-state index is 13.2. The highest BCUT2D eigenvalue weighted by atomic mass is 19.1. The van der Waals surface area contributed by atoms with Crippen LogP contribution in [0.5, 0.6) is 5.75 Å². The molecule has 0 unspecified atom stereocenters. The van der Waals surface area contributed by atoms with Crippen LogP contribution in [0.3, 0.4) is 0 Å². The van der Waals surface area contributed by atoms with Crippen molar-refractivity contribution in [2.75, 3.05) is 18.0 Å². The van der Waals surface area contributed by atoms with Crippen molar-refractivity contribution in [2.45, 2.75) is 19.5 Å². The van der Waals surface area contributed by atoms with E-state index in [1.54, 1.807) is 40.3 Å². The summed E-state index contributed by atoms with van der Waals surface area (Å²) in [6.07, 6.45) is 2.32. The van der Waals surface area contributed by atoms with Crippen molar-refractivity contribution in [1.29, 1.82) is 0 Å². The fourth-order valence-corrected chi connectivity index (χ4v) is 4.22. The number of fused-ring (bicyclic) bond motifs is 2. The number of aromatic nitrogens is 1. The van der Waals surface area contributed by atoms with Crippen LogP contribution < -0.4 is 10.2 Å². The number of anilines is 1. The number of rotatable bonds is 3. The van der Waals surface area contributed by atoms with Crippen LogP contribution in [0.25, 0.3) is 10.9 Å². The predicted octanol–water partition coefficient (Wildman–Crippen LogP) is 3.16. The van der Waals surface area contributed by atoms with E-state index in [4.69, 9.17) is 0 Å². The zero-order valence-electron chi connectivity index (χ0n) is 16.1. The molecular formula is C22H19FN4O3. The first-order valence-electron chi connectivity index (χ1n) is 9.76. The molecule has 0 aliphatic carbocycles. The first-order valence-corrected chi connectivity index (χ1v) is 9.76. The fraction of sp³-hybridized carbons (Fsp3) is 0.227. The lowest BCUT2D eigenvalue weighted by Gasteiger charge is -2.30. The van der Waals surface area contributed by atoms with Gasteiger partial charge in [-0.05, 0) is 36.2 Å². The number of urea groups is 1. The van der Waals surface area contributed by atoms with Gasteiger partial charge >= 0.3 is 6.03 Å². The molecule has 8 heteroatoms. The highest BCUT2D eigenvalue weighted by Crippen LogP contribution is 2.44. The Balaban J connectivity index is 1.64. The van der Waals surface area contributed by atoms with Crippen LogP contribution in [-0.4, -0.2) is 40.0 Å². The van der Waals surface area contributed by atoms with Crippen molar-refractivity contribution in [3.63, 3.8) is 0 Å². The number of benzene rings is 2. The average Bonchev–Trinajstić information content (AvgIpc) is 3.07. The van der Waals surface area contributed by atoms with Crippen molar-refractivity contribution < 1.29 is 19.1 Å². The summed E-state index contributed by atoms with van der Waals surface area (Å²) in [6.45, 7) is 1.62. The molecule has 152 valence electrons. The third-order valence-corrected chi connectivity index (χ3v) is 5.60. The summed E-state index contributed by atoms with van der Waals surface area (Å²) in [5.41, 5.74) is 2.46. The number of nitrogens with zero attached hydrogens (tertiary/aromatic N) is 3. The zero-order valence-corrected chi connectivity index (χ0v) is 16.1. The van der Waals surface area contributed by atoms with Crippen molar-refractivity contribution in [1.82, 2.24) is 15.2 Å². The van der Waals surface area contributed by atoms with Crippen LogP contribution in [0.15, 0.2) is 42.6 Å². The topological polar surface area (TPSA) is 85.8 Å². The largest absolute Gasteiger partial charge is 0.505 e. The number of pyridine rings is 1. The van der Waals surface area contributed by atoms with Gasteiger partial charge in [-0.25, -0.2) is 9.18 Å². The molecule has 7 nitrogen and oxygen atoms in total. The Labute approximate surface area is 171 Å². The Morgan fingerprint density at radius 1 is 1.17 bits per heavy atom. The van der Waals surface area contributed by atoms with Gasteiger partial charge in [0.15, 0.2) is 5.75 Å². The van der Waals surface area contributed by atoms with Crippen molar-refractivity contribution in [3.8, 4) is 5.75 Å². The smallest absolute Gasteiger partial charge is 0.321 e. The second-order valence-electron chi connectivity index (χ2n) is 7.48. The Morgan fingerprint density at radius 2 is 1.97 bits per heavy atom. The number of halogens is 1. The summed E-state index contributed by atoms with van der Waals surface area (Å²) in [5.74, 6) is -0.852. The number of carbonyl (C=O) groups excluding carboxylic acids is 2. The minimum Gasteiger partial charge on any atom is -0.505 e. The van der Waals surface area contributed by atoms with E-state index in [0.29, 0.717) is 35.2 Å². The summed E-state index contributed by atoms with van der Waals surface area (Å²) in [5, 5.41) is 14.3. The Bertz CT molecular complexity index is 1180. The molecule has 1 aromatic heterocycles. The van der Waals surface area contributed by atoms with Gasteiger partial charge < -0.3 is 15.3 Å². The molecule has 2 N–H and O–H groups in total. The van der Waals surface area contributed by atoms with Crippen LogP contribution >= 0.6 is 0 Å². The van der Waals surface area contributed by atoms with E-state index in [9.17, 15) is 19.1 Å². The number of hydrogen-bond acceptors (Lipinski definition) is 4. The molecule has 0 bridgehead atoms. The van der Waals surface area contributed by atoms with Gasteiger partial charge in [-0.3, -0.25) is 14.7 Å². The van der Waals surface area contributed by atoms with Gasteiger partial charge in [0.1, 0.15) is 11.3 Å². The number of phenols is 1. The van der Waals surface area contributed by atoms with Gasteiger partial charge in [-0.2, -0.15) is 0 Å². The number of hydrogen-bond donors (Lipinski definition) is 2. The number of aromatic hydroxyl groups is 1. The molecule has 3 heterocycles. The second kappa shape index (κ2) is 6.98. The van der Waals surface area contributed by atoms with Gasteiger partial charge in [0.2, 0.25) is 0 Å². The summed E-state index contributed by atoms with van der Waals surface area (Å²) in [6, 6.07) is 9.26. The molecule has 0 radical (unpaired) electrons. The van der Waals surface area contributed by atoms with E-state index in [1.165, 1.54) is 12.1 Å². The highest BCUT2D eigenvalue weighted by molar-refractivity contribution is 6.14. The van der Waals surface area contributed by atoms with Crippen LogP contribution in [0.4, 0.5) is 14.9 Å². The van der Waals surface area contributed by atoms with Crippen LogP contribution in [0, 0.1) is 5.82 Å². The van der Waals surface area contributed by atoms with E-state index in [-0.39, 0.29) is 42.2 Å². The predicted molar refractivity (Wildman–Crippen MR) is 109 cm³/mol. The van der Waals surface area contributed by atoms with Crippen molar-refractivity contribution in [2.24, 2.45) is 0 Å². The number of nitrogens with one attached hydrogen (secondary N) is 1. The minimum atomic E-state index is -0.344. The molecule has 3 aromatic rings. The fourth-order valence-electron chi connectivity index (χ4n) is 4.22. The van der Waals surface area contributed by atoms with E-state index in [2.05, 4.69) is 10.3 Å². The first kappa shape index (κ1) is 18.4. The van der Waals surface area contributed by atoms with E-state index in [0.717, 1.165) is 12.0 Å². The molecule has 2 aliphatic rings. The molecule has 5 rings (SSSR count).